The molecule has 0 bridgehead atoms. The third-order valence-corrected chi connectivity index (χ3v) is 4.62. The second-order valence-corrected chi connectivity index (χ2v) is 6.29. The number of aliphatic hydroxyl groups excluding tert-OH is 1. The summed E-state index contributed by atoms with van der Waals surface area (Å²) >= 11 is 0. The Labute approximate surface area is 105 Å². The molecule has 0 saturated heterocycles. The lowest BCUT2D eigenvalue weighted by Crippen LogP contribution is -2.47. The van der Waals surface area contributed by atoms with Crippen LogP contribution in [0.5, 0.6) is 0 Å². The fraction of sp³-hybridized carbons (Fsp3) is 1.00. The molecule has 0 unspecified atom stereocenters. The highest BCUT2D eigenvalue weighted by Crippen LogP contribution is 2.31. The molecule has 3 heteroatoms. The maximum Gasteiger partial charge on any atom is 0.0771 e. The minimum Gasteiger partial charge on any atom is -0.393 e. The zero-order valence-electron chi connectivity index (χ0n) is 11.0. The Bertz CT molecular complexity index is 228. The van der Waals surface area contributed by atoms with Crippen LogP contribution in [0.15, 0.2) is 0 Å². The van der Waals surface area contributed by atoms with Crippen molar-refractivity contribution in [2.24, 2.45) is 5.92 Å². The first-order valence-corrected chi connectivity index (χ1v) is 7.21. The van der Waals surface area contributed by atoms with Crippen LogP contribution in [0.1, 0.15) is 58.3 Å². The van der Waals surface area contributed by atoms with Crippen LogP contribution >= 0.6 is 0 Å². The zero-order valence-corrected chi connectivity index (χ0v) is 11.0. The lowest BCUT2D eigenvalue weighted by Gasteiger charge is -2.37. The van der Waals surface area contributed by atoms with Gasteiger partial charge >= 0.3 is 0 Å². The van der Waals surface area contributed by atoms with Crippen molar-refractivity contribution in [1.82, 2.24) is 5.32 Å². The summed E-state index contributed by atoms with van der Waals surface area (Å²) in [5.74, 6) is 0.778. The molecule has 2 aliphatic rings. The number of hydrogen-bond donors (Lipinski definition) is 3. The minimum absolute atomic E-state index is 0.0910. The smallest absolute Gasteiger partial charge is 0.0771 e. The molecule has 0 radical (unpaired) electrons. The van der Waals surface area contributed by atoms with Gasteiger partial charge in [-0.1, -0.05) is 6.92 Å². The second kappa shape index (κ2) is 5.68. The average molecular weight is 241 g/mol. The number of rotatable bonds is 3. The maximum atomic E-state index is 10.5. The van der Waals surface area contributed by atoms with Gasteiger partial charge in [-0.05, 0) is 57.3 Å². The summed E-state index contributed by atoms with van der Waals surface area (Å²) in [4.78, 5) is 0. The summed E-state index contributed by atoms with van der Waals surface area (Å²) in [6.45, 7) is 3.01. The summed E-state index contributed by atoms with van der Waals surface area (Å²) in [6.07, 6.45) is 8.02. The monoisotopic (exact) mass is 241 g/mol. The van der Waals surface area contributed by atoms with Crippen molar-refractivity contribution in [1.29, 1.82) is 0 Å². The first-order valence-electron chi connectivity index (χ1n) is 7.21. The second-order valence-electron chi connectivity index (χ2n) is 6.29. The number of hydrogen-bond acceptors (Lipinski definition) is 3. The first-order chi connectivity index (χ1) is 8.07. The Kier molecular flexibility index (Phi) is 4.45. The predicted molar refractivity (Wildman–Crippen MR) is 68.8 cm³/mol. The highest BCUT2D eigenvalue weighted by molar-refractivity contribution is 4.88. The lowest BCUT2D eigenvalue weighted by atomic mass is 9.79. The molecule has 0 aromatic rings. The van der Waals surface area contributed by atoms with E-state index in [0.717, 1.165) is 63.8 Å². The van der Waals surface area contributed by atoms with E-state index in [0.29, 0.717) is 6.04 Å². The van der Waals surface area contributed by atoms with E-state index >= 15 is 0 Å². The van der Waals surface area contributed by atoms with Crippen molar-refractivity contribution in [2.75, 3.05) is 6.54 Å². The molecule has 2 fully saturated rings. The van der Waals surface area contributed by atoms with Gasteiger partial charge in [0.25, 0.3) is 0 Å². The van der Waals surface area contributed by atoms with Crippen LogP contribution in [-0.2, 0) is 0 Å². The summed E-state index contributed by atoms with van der Waals surface area (Å²) in [6, 6.07) is 0.502. The lowest BCUT2D eigenvalue weighted by molar-refractivity contribution is -0.0102. The molecule has 0 atom stereocenters. The van der Waals surface area contributed by atoms with E-state index in [4.69, 9.17) is 0 Å². The molecule has 0 aromatic heterocycles. The van der Waals surface area contributed by atoms with Gasteiger partial charge in [0, 0.05) is 12.6 Å². The van der Waals surface area contributed by atoms with Crippen molar-refractivity contribution < 1.29 is 10.2 Å². The minimum atomic E-state index is -0.470. The van der Waals surface area contributed by atoms with E-state index < -0.39 is 5.60 Å². The van der Waals surface area contributed by atoms with Gasteiger partial charge in [0.05, 0.1) is 11.7 Å². The van der Waals surface area contributed by atoms with Crippen LogP contribution in [0.25, 0.3) is 0 Å². The average Bonchev–Trinajstić information content (AvgIpc) is 2.33. The summed E-state index contributed by atoms with van der Waals surface area (Å²) in [5, 5.41) is 23.4. The fourth-order valence-corrected chi connectivity index (χ4v) is 3.09. The Hall–Kier alpha value is -0.120. The van der Waals surface area contributed by atoms with Gasteiger partial charge in [-0.3, -0.25) is 0 Å². The van der Waals surface area contributed by atoms with Crippen molar-refractivity contribution in [3.8, 4) is 0 Å². The summed E-state index contributed by atoms with van der Waals surface area (Å²) in [5.41, 5.74) is -0.470. The molecule has 3 N–H and O–H groups in total. The number of aliphatic hydroxyl groups is 2. The van der Waals surface area contributed by atoms with Crippen LogP contribution in [0, 0.1) is 5.92 Å². The van der Waals surface area contributed by atoms with Crippen molar-refractivity contribution in [2.45, 2.75) is 76.0 Å². The molecule has 100 valence electrons. The third-order valence-electron chi connectivity index (χ3n) is 4.62. The molecule has 0 aliphatic heterocycles. The molecule has 2 aliphatic carbocycles. The normalized spacial score (nSPS) is 43.6. The van der Waals surface area contributed by atoms with Crippen molar-refractivity contribution in [3.05, 3.63) is 0 Å². The van der Waals surface area contributed by atoms with E-state index in [2.05, 4.69) is 12.2 Å². The van der Waals surface area contributed by atoms with Crippen molar-refractivity contribution in [3.63, 3.8) is 0 Å². The SMILES string of the molecule is CC1CCC(O)(CNC2CCC(O)CC2)CC1. The van der Waals surface area contributed by atoms with E-state index in [1.54, 1.807) is 0 Å². The van der Waals surface area contributed by atoms with Gasteiger partial charge in [-0.15, -0.1) is 0 Å². The van der Waals surface area contributed by atoms with E-state index in [-0.39, 0.29) is 6.10 Å². The molecule has 3 nitrogen and oxygen atoms in total. The fourth-order valence-electron chi connectivity index (χ4n) is 3.09. The van der Waals surface area contributed by atoms with E-state index in [9.17, 15) is 10.2 Å². The molecule has 2 saturated carbocycles. The molecular weight excluding hydrogens is 214 g/mol. The van der Waals surface area contributed by atoms with Gasteiger partial charge < -0.3 is 15.5 Å². The Morgan fingerprint density at radius 2 is 1.65 bits per heavy atom. The van der Waals surface area contributed by atoms with Gasteiger partial charge in [0.2, 0.25) is 0 Å². The molecule has 0 heterocycles. The van der Waals surface area contributed by atoms with Gasteiger partial charge in [0.15, 0.2) is 0 Å². The standard InChI is InChI=1S/C14H27NO2/c1-11-6-8-14(17,9-7-11)10-15-12-2-4-13(16)5-3-12/h11-13,15-17H,2-10H2,1H3. The van der Waals surface area contributed by atoms with Gasteiger partial charge in [0.1, 0.15) is 0 Å². The Morgan fingerprint density at radius 3 is 2.24 bits per heavy atom. The Morgan fingerprint density at radius 1 is 1.06 bits per heavy atom. The van der Waals surface area contributed by atoms with Crippen molar-refractivity contribution >= 4 is 0 Å². The maximum absolute atomic E-state index is 10.5. The van der Waals surface area contributed by atoms with Crippen LogP contribution < -0.4 is 5.32 Å². The van der Waals surface area contributed by atoms with E-state index in [1.807, 2.05) is 0 Å². The highest BCUT2D eigenvalue weighted by atomic mass is 16.3. The van der Waals surface area contributed by atoms with Crippen LogP contribution in [0.3, 0.4) is 0 Å². The zero-order chi connectivity index (χ0) is 12.3. The van der Waals surface area contributed by atoms with Crippen LogP contribution in [-0.4, -0.2) is 34.5 Å². The molecule has 0 spiro atoms. The van der Waals surface area contributed by atoms with Gasteiger partial charge in [-0.25, -0.2) is 0 Å². The summed E-state index contributed by atoms with van der Waals surface area (Å²) in [7, 11) is 0. The predicted octanol–water partition coefficient (Wildman–Crippen LogP) is 1.82. The Balaban J connectivity index is 1.70. The number of nitrogens with one attached hydrogen (secondary N) is 1. The molecule has 2 rings (SSSR count). The molecule has 0 aromatic carbocycles. The molecular formula is C14H27NO2. The largest absolute Gasteiger partial charge is 0.393 e. The molecule has 0 amide bonds. The van der Waals surface area contributed by atoms with E-state index in [1.165, 1.54) is 0 Å². The molecule has 17 heavy (non-hydrogen) atoms. The quantitative estimate of drug-likeness (QED) is 0.706. The topological polar surface area (TPSA) is 52.5 Å². The van der Waals surface area contributed by atoms with Crippen LogP contribution in [0.4, 0.5) is 0 Å². The van der Waals surface area contributed by atoms with Crippen LogP contribution in [0.2, 0.25) is 0 Å². The first kappa shape index (κ1) is 13.3. The highest BCUT2D eigenvalue weighted by Gasteiger charge is 2.32. The third kappa shape index (κ3) is 3.94. The van der Waals surface area contributed by atoms with Gasteiger partial charge in [-0.2, -0.15) is 0 Å². The summed E-state index contributed by atoms with van der Waals surface area (Å²) < 4.78 is 0.